The summed E-state index contributed by atoms with van der Waals surface area (Å²) in [7, 11) is 0. The van der Waals surface area contributed by atoms with E-state index in [4.69, 9.17) is 10.4 Å². The van der Waals surface area contributed by atoms with Crippen LogP contribution in [-0.4, -0.2) is 11.1 Å². The SMILES string of the molecule is CCCCCCC(CCCC)=C(C#N)C(=O)O. The molecule has 1 N–H and O–H groups in total. The van der Waals surface area contributed by atoms with Crippen molar-refractivity contribution in [1.82, 2.24) is 0 Å². The normalized spacial score (nSPS) is 11.8. The molecule has 0 atom stereocenters. The number of rotatable bonds is 9. The van der Waals surface area contributed by atoms with E-state index >= 15 is 0 Å². The number of hydrogen-bond donors (Lipinski definition) is 1. The first kappa shape index (κ1) is 15.7. The third kappa shape index (κ3) is 6.78. The molecule has 0 saturated carbocycles. The average Bonchev–Trinajstić information content (AvgIpc) is 2.31. The lowest BCUT2D eigenvalue weighted by Crippen LogP contribution is -2.03. The Hall–Kier alpha value is -1.30. The Labute approximate surface area is 104 Å². The lowest BCUT2D eigenvalue weighted by Gasteiger charge is -2.08. The molecule has 96 valence electrons. The first-order valence-corrected chi connectivity index (χ1v) is 6.52. The van der Waals surface area contributed by atoms with Crippen molar-refractivity contribution in [2.24, 2.45) is 0 Å². The molecule has 0 spiro atoms. The van der Waals surface area contributed by atoms with Gasteiger partial charge in [0.1, 0.15) is 11.6 Å². The van der Waals surface area contributed by atoms with E-state index in [9.17, 15) is 4.79 Å². The Morgan fingerprint density at radius 3 is 2.12 bits per heavy atom. The van der Waals surface area contributed by atoms with Crippen LogP contribution in [0.4, 0.5) is 0 Å². The quantitative estimate of drug-likeness (QED) is 0.374. The lowest BCUT2D eigenvalue weighted by atomic mass is 9.97. The molecular weight excluding hydrogens is 214 g/mol. The number of nitrogens with zero attached hydrogens (tertiary/aromatic N) is 1. The van der Waals surface area contributed by atoms with Gasteiger partial charge in [-0.3, -0.25) is 0 Å². The van der Waals surface area contributed by atoms with Crippen LogP contribution in [0.25, 0.3) is 0 Å². The van der Waals surface area contributed by atoms with Gasteiger partial charge in [-0.25, -0.2) is 4.79 Å². The highest BCUT2D eigenvalue weighted by molar-refractivity contribution is 5.92. The minimum Gasteiger partial charge on any atom is -0.477 e. The van der Waals surface area contributed by atoms with E-state index in [2.05, 4.69) is 13.8 Å². The number of carbonyl (C=O) groups is 1. The van der Waals surface area contributed by atoms with Gasteiger partial charge < -0.3 is 5.11 Å². The highest BCUT2D eigenvalue weighted by Gasteiger charge is 2.13. The largest absolute Gasteiger partial charge is 0.477 e. The van der Waals surface area contributed by atoms with E-state index in [1.165, 1.54) is 6.42 Å². The van der Waals surface area contributed by atoms with Gasteiger partial charge in [0.2, 0.25) is 0 Å². The molecule has 0 aromatic rings. The topological polar surface area (TPSA) is 61.1 Å². The first-order chi connectivity index (χ1) is 8.17. The monoisotopic (exact) mass is 237 g/mol. The van der Waals surface area contributed by atoms with Gasteiger partial charge in [0.05, 0.1) is 0 Å². The van der Waals surface area contributed by atoms with E-state index in [1.54, 1.807) is 0 Å². The molecule has 0 radical (unpaired) electrons. The van der Waals surface area contributed by atoms with Crippen LogP contribution in [0.15, 0.2) is 11.1 Å². The smallest absolute Gasteiger partial charge is 0.346 e. The number of hydrogen-bond acceptors (Lipinski definition) is 2. The zero-order valence-corrected chi connectivity index (χ0v) is 11.0. The van der Waals surface area contributed by atoms with Crippen molar-refractivity contribution in [3.63, 3.8) is 0 Å². The highest BCUT2D eigenvalue weighted by atomic mass is 16.4. The van der Waals surface area contributed by atoms with Crippen LogP contribution >= 0.6 is 0 Å². The van der Waals surface area contributed by atoms with Gasteiger partial charge in [0, 0.05) is 0 Å². The number of carboxylic acids is 1. The summed E-state index contributed by atoms with van der Waals surface area (Å²) >= 11 is 0. The fourth-order valence-electron chi connectivity index (χ4n) is 1.81. The molecule has 0 fully saturated rings. The van der Waals surface area contributed by atoms with Gasteiger partial charge in [0.25, 0.3) is 0 Å². The molecule has 0 unspecified atom stereocenters. The summed E-state index contributed by atoms with van der Waals surface area (Å²) in [5.41, 5.74) is 0.799. The summed E-state index contributed by atoms with van der Waals surface area (Å²) in [4.78, 5) is 10.9. The van der Waals surface area contributed by atoms with Gasteiger partial charge in [-0.15, -0.1) is 0 Å². The van der Waals surface area contributed by atoms with Crippen LogP contribution in [0, 0.1) is 11.3 Å². The number of unbranched alkanes of at least 4 members (excludes halogenated alkanes) is 4. The molecule has 0 aromatic carbocycles. The minimum absolute atomic E-state index is 0.0325. The summed E-state index contributed by atoms with van der Waals surface area (Å²) in [6.07, 6.45) is 7.94. The van der Waals surface area contributed by atoms with Gasteiger partial charge in [-0.05, 0) is 31.3 Å². The summed E-state index contributed by atoms with van der Waals surface area (Å²) in [5.74, 6) is -1.07. The maximum atomic E-state index is 10.9. The first-order valence-electron chi connectivity index (χ1n) is 6.52. The van der Waals surface area contributed by atoms with Crippen LogP contribution in [0.1, 0.15) is 65.2 Å². The molecule has 0 aliphatic rings. The average molecular weight is 237 g/mol. The van der Waals surface area contributed by atoms with E-state index in [0.29, 0.717) is 0 Å². The van der Waals surface area contributed by atoms with Crippen molar-refractivity contribution in [3.8, 4) is 6.07 Å². The second-order valence-corrected chi connectivity index (χ2v) is 4.31. The van der Waals surface area contributed by atoms with E-state index in [1.807, 2.05) is 6.07 Å². The Morgan fingerprint density at radius 2 is 1.65 bits per heavy atom. The van der Waals surface area contributed by atoms with Crippen LogP contribution < -0.4 is 0 Å². The van der Waals surface area contributed by atoms with Gasteiger partial charge in [0.15, 0.2) is 0 Å². The maximum absolute atomic E-state index is 10.9. The van der Waals surface area contributed by atoms with Gasteiger partial charge in [-0.1, -0.05) is 39.5 Å². The van der Waals surface area contributed by atoms with E-state index in [-0.39, 0.29) is 5.57 Å². The molecule has 3 heteroatoms. The standard InChI is InChI=1S/C14H23NO2/c1-3-5-7-8-10-12(9-6-4-2)13(11-15)14(16)17/h3-10H2,1-2H3,(H,16,17). The molecule has 0 aromatic heterocycles. The minimum atomic E-state index is -1.07. The van der Waals surface area contributed by atoms with E-state index in [0.717, 1.165) is 50.5 Å². The molecular formula is C14H23NO2. The Balaban J connectivity index is 4.51. The predicted molar refractivity (Wildman–Crippen MR) is 68.6 cm³/mol. The van der Waals surface area contributed by atoms with Crippen molar-refractivity contribution in [2.75, 3.05) is 0 Å². The highest BCUT2D eigenvalue weighted by Crippen LogP contribution is 2.20. The molecule has 3 nitrogen and oxygen atoms in total. The molecule has 0 saturated heterocycles. The summed E-state index contributed by atoms with van der Waals surface area (Å²) in [5, 5.41) is 17.8. The molecule has 0 aliphatic carbocycles. The number of aliphatic carboxylic acids is 1. The summed E-state index contributed by atoms with van der Waals surface area (Å²) in [6.45, 7) is 4.22. The maximum Gasteiger partial charge on any atom is 0.346 e. The molecule has 0 amide bonds. The van der Waals surface area contributed by atoms with Crippen LogP contribution in [0.3, 0.4) is 0 Å². The Morgan fingerprint density at radius 1 is 1.06 bits per heavy atom. The zero-order valence-electron chi connectivity index (χ0n) is 11.0. The third-order valence-corrected chi connectivity index (χ3v) is 2.84. The Bertz CT molecular complexity index is 300. The molecule has 0 rings (SSSR count). The van der Waals surface area contributed by atoms with Crippen molar-refractivity contribution in [2.45, 2.75) is 65.2 Å². The predicted octanol–water partition coefficient (Wildman–Crippen LogP) is 4.05. The fourth-order valence-corrected chi connectivity index (χ4v) is 1.81. The third-order valence-electron chi connectivity index (χ3n) is 2.84. The van der Waals surface area contributed by atoms with Gasteiger partial charge in [-0.2, -0.15) is 5.26 Å². The van der Waals surface area contributed by atoms with Crippen molar-refractivity contribution in [3.05, 3.63) is 11.1 Å². The van der Waals surface area contributed by atoms with Crippen LogP contribution in [0.2, 0.25) is 0 Å². The van der Waals surface area contributed by atoms with Crippen molar-refractivity contribution < 1.29 is 9.90 Å². The van der Waals surface area contributed by atoms with Gasteiger partial charge >= 0.3 is 5.97 Å². The number of carboxylic acid groups (broad SMARTS) is 1. The lowest BCUT2D eigenvalue weighted by molar-refractivity contribution is -0.132. The second kappa shape index (κ2) is 9.89. The Kier molecular flexibility index (Phi) is 9.14. The zero-order chi connectivity index (χ0) is 13.1. The van der Waals surface area contributed by atoms with Crippen LogP contribution in [-0.2, 0) is 4.79 Å². The summed E-state index contributed by atoms with van der Waals surface area (Å²) < 4.78 is 0. The summed E-state index contributed by atoms with van der Waals surface area (Å²) in [6, 6.07) is 1.83. The fraction of sp³-hybridized carbons (Fsp3) is 0.714. The van der Waals surface area contributed by atoms with E-state index < -0.39 is 5.97 Å². The van der Waals surface area contributed by atoms with Crippen LogP contribution in [0.5, 0.6) is 0 Å². The van der Waals surface area contributed by atoms with Crippen molar-refractivity contribution >= 4 is 5.97 Å². The molecule has 17 heavy (non-hydrogen) atoms. The number of allylic oxidation sites excluding steroid dienone is 1. The number of nitriles is 1. The molecule has 0 bridgehead atoms. The molecule has 0 aliphatic heterocycles. The second-order valence-electron chi connectivity index (χ2n) is 4.31. The van der Waals surface area contributed by atoms with Crippen molar-refractivity contribution in [1.29, 1.82) is 5.26 Å². The molecule has 0 heterocycles.